The summed E-state index contributed by atoms with van der Waals surface area (Å²) >= 11 is 6.01. The Kier molecular flexibility index (Phi) is 3.64. The van der Waals surface area contributed by atoms with Crippen molar-refractivity contribution >= 4 is 22.5 Å². The molecule has 0 saturated carbocycles. The maximum absolute atomic E-state index is 6.01. The van der Waals surface area contributed by atoms with Gasteiger partial charge in [-0.15, -0.1) is 11.6 Å². The molecule has 1 aromatic heterocycles. The van der Waals surface area contributed by atoms with E-state index in [9.17, 15) is 0 Å². The predicted molar refractivity (Wildman–Crippen MR) is 77.0 cm³/mol. The number of nitrogens with zero attached hydrogens (tertiary/aromatic N) is 3. The van der Waals surface area contributed by atoms with Crippen LogP contribution in [-0.2, 0) is 13.6 Å². The molecule has 98 valence electrons. The molecule has 1 heterocycles. The minimum absolute atomic E-state index is 0.0276. The lowest BCUT2D eigenvalue weighted by atomic mass is 10.1. The Bertz CT molecular complexity index is 545. The molecule has 0 bridgehead atoms. The molecule has 2 rings (SSSR count). The maximum atomic E-state index is 6.01. The molecule has 0 spiro atoms. The first-order chi connectivity index (χ1) is 8.45. The molecule has 3 nitrogen and oxygen atoms in total. The highest BCUT2D eigenvalue weighted by Gasteiger charge is 2.23. The first-order valence-corrected chi connectivity index (χ1v) is 6.67. The number of aromatic nitrogens is 2. The van der Waals surface area contributed by atoms with Gasteiger partial charge in [-0.05, 0) is 27.0 Å². The molecule has 1 aromatic carbocycles. The van der Waals surface area contributed by atoms with Gasteiger partial charge in [0.15, 0.2) is 0 Å². The van der Waals surface area contributed by atoms with E-state index in [0.717, 1.165) is 12.2 Å². The Hall–Kier alpha value is -1.06. The molecular weight excluding hydrogens is 246 g/mol. The summed E-state index contributed by atoms with van der Waals surface area (Å²) in [6, 6.07) is 8.32. The first-order valence-electron chi connectivity index (χ1n) is 6.13. The third-order valence-corrected chi connectivity index (χ3v) is 4.24. The molecule has 0 radical (unpaired) electrons. The molecule has 0 aliphatic rings. The SMILES string of the molecule is CN(Cc1nn(C)c2ccccc12)C(C)(C)CCl. The predicted octanol–water partition coefficient (Wildman–Crippen LogP) is 3.02. The fourth-order valence-corrected chi connectivity index (χ4v) is 2.15. The zero-order valence-corrected chi connectivity index (χ0v) is 12.2. The minimum Gasteiger partial charge on any atom is -0.294 e. The van der Waals surface area contributed by atoms with Gasteiger partial charge in [-0.3, -0.25) is 9.58 Å². The van der Waals surface area contributed by atoms with Gasteiger partial charge in [-0.1, -0.05) is 18.2 Å². The standard InChI is InChI=1S/C14H20ClN3/c1-14(2,10-15)17(3)9-12-11-7-5-6-8-13(11)18(4)16-12/h5-8H,9-10H2,1-4H3. The fraction of sp³-hybridized carbons (Fsp3) is 0.500. The summed E-state index contributed by atoms with van der Waals surface area (Å²) in [4.78, 5) is 2.24. The van der Waals surface area contributed by atoms with Crippen LogP contribution in [-0.4, -0.2) is 33.1 Å². The van der Waals surface area contributed by atoms with Crippen LogP contribution in [0.25, 0.3) is 10.9 Å². The van der Waals surface area contributed by atoms with Gasteiger partial charge in [0.25, 0.3) is 0 Å². The van der Waals surface area contributed by atoms with Crippen LogP contribution in [0.5, 0.6) is 0 Å². The lowest BCUT2D eigenvalue weighted by molar-refractivity contribution is 0.169. The fourth-order valence-electron chi connectivity index (χ4n) is 1.95. The molecule has 0 fully saturated rings. The third kappa shape index (κ3) is 2.38. The van der Waals surface area contributed by atoms with Gasteiger partial charge >= 0.3 is 0 Å². The first kappa shape index (κ1) is 13.4. The molecule has 0 saturated heterocycles. The number of benzene rings is 1. The van der Waals surface area contributed by atoms with Crippen LogP contribution in [0.4, 0.5) is 0 Å². The van der Waals surface area contributed by atoms with Crippen molar-refractivity contribution in [2.24, 2.45) is 7.05 Å². The van der Waals surface area contributed by atoms with Gasteiger partial charge in [0.1, 0.15) is 0 Å². The van der Waals surface area contributed by atoms with Crippen LogP contribution in [0.3, 0.4) is 0 Å². The summed E-state index contributed by atoms with van der Waals surface area (Å²) in [7, 11) is 4.07. The molecule has 0 amide bonds. The van der Waals surface area contributed by atoms with Gasteiger partial charge in [0, 0.05) is 30.4 Å². The summed E-state index contributed by atoms with van der Waals surface area (Å²) in [5, 5.41) is 5.83. The molecule has 0 aliphatic carbocycles. The van der Waals surface area contributed by atoms with E-state index in [-0.39, 0.29) is 5.54 Å². The zero-order valence-electron chi connectivity index (χ0n) is 11.4. The lowest BCUT2D eigenvalue weighted by Gasteiger charge is -2.33. The van der Waals surface area contributed by atoms with Crippen molar-refractivity contribution in [1.82, 2.24) is 14.7 Å². The monoisotopic (exact) mass is 265 g/mol. The number of aryl methyl sites for hydroxylation is 1. The largest absolute Gasteiger partial charge is 0.294 e. The number of rotatable bonds is 4. The van der Waals surface area contributed by atoms with Crippen molar-refractivity contribution in [2.45, 2.75) is 25.9 Å². The number of halogens is 1. The van der Waals surface area contributed by atoms with E-state index < -0.39 is 0 Å². The lowest BCUT2D eigenvalue weighted by Crippen LogP contribution is -2.42. The molecule has 4 heteroatoms. The normalized spacial score (nSPS) is 12.6. The summed E-state index contributed by atoms with van der Waals surface area (Å²) in [6.07, 6.45) is 0. The minimum atomic E-state index is -0.0276. The zero-order chi connectivity index (χ0) is 13.3. The maximum Gasteiger partial charge on any atom is 0.0843 e. The van der Waals surface area contributed by atoms with Crippen molar-refractivity contribution < 1.29 is 0 Å². The Labute approximate surface area is 113 Å². The van der Waals surface area contributed by atoms with Gasteiger partial charge < -0.3 is 0 Å². The van der Waals surface area contributed by atoms with Crippen LogP contribution < -0.4 is 0 Å². The van der Waals surface area contributed by atoms with Crippen LogP contribution >= 0.6 is 11.6 Å². The number of hydrogen-bond acceptors (Lipinski definition) is 2. The van der Waals surface area contributed by atoms with Crippen LogP contribution in [0, 0.1) is 0 Å². The second kappa shape index (κ2) is 4.90. The van der Waals surface area contributed by atoms with Gasteiger partial charge in [-0.25, -0.2) is 0 Å². The smallest absolute Gasteiger partial charge is 0.0843 e. The van der Waals surface area contributed by atoms with Crippen molar-refractivity contribution in [3.8, 4) is 0 Å². The topological polar surface area (TPSA) is 21.1 Å². The Morgan fingerprint density at radius 2 is 2.00 bits per heavy atom. The van der Waals surface area contributed by atoms with E-state index in [4.69, 9.17) is 11.6 Å². The summed E-state index contributed by atoms with van der Waals surface area (Å²) in [5.74, 6) is 0.605. The molecule has 2 aromatic rings. The summed E-state index contributed by atoms with van der Waals surface area (Å²) in [6.45, 7) is 5.09. The second-order valence-electron chi connectivity index (χ2n) is 5.39. The summed E-state index contributed by atoms with van der Waals surface area (Å²) < 4.78 is 1.94. The summed E-state index contributed by atoms with van der Waals surface area (Å²) in [5.41, 5.74) is 2.25. The van der Waals surface area contributed by atoms with Gasteiger partial charge in [0.2, 0.25) is 0 Å². The number of hydrogen-bond donors (Lipinski definition) is 0. The average Bonchev–Trinajstić information content (AvgIpc) is 2.67. The van der Waals surface area contributed by atoms with Crippen LogP contribution in [0.1, 0.15) is 19.5 Å². The van der Waals surface area contributed by atoms with Crippen molar-refractivity contribution in [1.29, 1.82) is 0 Å². The molecule has 0 unspecified atom stereocenters. The highest BCUT2D eigenvalue weighted by atomic mass is 35.5. The van der Waals surface area contributed by atoms with Crippen molar-refractivity contribution in [3.05, 3.63) is 30.0 Å². The number of para-hydroxylation sites is 1. The van der Waals surface area contributed by atoms with Gasteiger partial charge in [-0.2, -0.15) is 5.10 Å². The van der Waals surface area contributed by atoms with Crippen LogP contribution in [0.15, 0.2) is 24.3 Å². The molecule has 18 heavy (non-hydrogen) atoms. The molecule has 0 atom stereocenters. The molecule has 0 N–H and O–H groups in total. The highest BCUT2D eigenvalue weighted by Crippen LogP contribution is 2.22. The van der Waals surface area contributed by atoms with Crippen LogP contribution in [0.2, 0.25) is 0 Å². The highest BCUT2D eigenvalue weighted by molar-refractivity contribution is 6.18. The van der Waals surface area contributed by atoms with E-state index in [1.165, 1.54) is 10.9 Å². The van der Waals surface area contributed by atoms with Crippen molar-refractivity contribution in [3.63, 3.8) is 0 Å². The van der Waals surface area contributed by atoms with E-state index in [1.54, 1.807) is 0 Å². The van der Waals surface area contributed by atoms with E-state index in [2.05, 4.69) is 49.1 Å². The molecule has 0 aliphatic heterocycles. The molecular formula is C14H20ClN3. The third-order valence-electron chi connectivity index (χ3n) is 3.58. The Morgan fingerprint density at radius 3 is 2.67 bits per heavy atom. The van der Waals surface area contributed by atoms with Crippen molar-refractivity contribution in [2.75, 3.05) is 12.9 Å². The van der Waals surface area contributed by atoms with E-state index in [1.807, 2.05) is 17.8 Å². The number of fused-ring (bicyclic) bond motifs is 1. The Balaban J connectivity index is 2.33. The average molecular weight is 266 g/mol. The van der Waals surface area contributed by atoms with E-state index >= 15 is 0 Å². The number of alkyl halides is 1. The Morgan fingerprint density at radius 1 is 1.33 bits per heavy atom. The second-order valence-corrected chi connectivity index (χ2v) is 5.66. The quantitative estimate of drug-likeness (QED) is 0.793. The van der Waals surface area contributed by atoms with Gasteiger partial charge in [0.05, 0.1) is 11.2 Å². The van der Waals surface area contributed by atoms with E-state index in [0.29, 0.717) is 5.88 Å².